The molecule has 0 unspecified atom stereocenters. The van der Waals surface area contributed by atoms with E-state index in [0.29, 0.717) is 25.2 Å². The van der Waals surface area contributed by atoms with Crippen LogP contribution >= 0.6 is 0 Å². The van der Waals surface area contributed by atoms with Crippen molar-refractivity contribution in [2.24, 2.45) is 0 Å². The van der Waals surface area contributed by atoms with Crippen molar-refractivity contribution in [1.29, 1.82) is 0 Å². The molecule has 0 amide bonds. The summed E-state index contributed by atoms with van der Waals surface area (Å²) < 4.78 is 11.6. The Labute approximate surface area is 152 Å². The van der Waals surface area contributed by atoms with E-state index in [1.807, 2.05) is 42.5 Å². The number of para-hydroxylation sites is 1. The SMILES string of the molecule is O[C@]12CCC[C@H](C1)c1cccc(Cc3cc(-c4ccccc4)no3)c1O2. The van der Waals surface area contributed by atoms with Gasteiger partial charge in [-0.3, -0.25) is 0 Å². The van der Waals surface area contributed by atoms with Gasteiger partial charge in [0.1, 0.15) is 17.2 Å². The number of aromatic nitrogens is 1. The van der Waals surface area contributed by atoms with Crippen molar-refractivity contribution in [2.45, 2.75) is 43.8 Å². The van der Waals surface area contributed by atoms with E-state index in [9.17, 15) is 5.11 Å². The predicted molar refractivity (Wildman–Crippen MR) is 98.0 cm³/mol. The minimum atomic E-state index is -1.01. The molecule has 5 rings (SSSR count). The first-order valence-electron chi connectivity index (χ1n) is 9.24. The fourth-order valence-electron chi connectivity index (χ4n) is 4.28. The summed E-state index contributed by atoms with van der Waals surface area (Å²) in [5.74, 6) is 1.00. The lowest BCUT2D eigenvalue weighted by atomic mass is 9.77. The van der Waals surface area contributed by atoms with E-state index in [4.69, 9.17) is 9.26 Å². The van der Waals surface area contributed by atoms with E-state index >= 15 is 0 Å². The van der Waals surface area contributed by atoms with Crippen LogP contribution in [-0.2, 0) is 6.42 Å². The van der Waals surface area contributed by atoms with Crippen LogP contribution in [0.25, 0.3) is 11.3 Å². The van der Waals surface area contributed by atoms with Crippen molar-refractivity contribution >= 4 is 0 Å². The minimum Gasteiger partial charge on any atom is -0.462 e. The largest absolute Gasteiger partial charge is 0.462 e. The number of hydrogen-bond donors (Lipinski definition) is 1. The number of nitrogens with zero attached hydrogens (tertiary/aromatic N) is 1. The Hall–Kier alpha value is -2.59. The summed E-state index contributed by atoms with van der Waals surface area (Å²) >= 11 is 0. The summed E-state index contributed by atoms with van der Waals surface area (Å²) in [6.07, 6.45) is 4.13. The Morgan fingerprint density at radius 3 is 2.88 bits per heavy atom. The van der Waals surface area contributed by atoms with Crippen LogP contribution in [0, 0.1) is 0 Å². The van der Waals surface area contributed by atoms with Gasteiger partial charge in [0.15, 0.2) is 0 Å². The molecule has 2 aromatic carbocycles. The lowest BCUT2D eigenvalue weighted by molar-refractivity contribution is -0.173. The summed E-state index contributed by atoms with van der Waals surface area (Å²) in [4.78, 5) is 0. The highest BCUT2D eigenvalue weighted by Gasteiger charge is 2.43. The maximum atomic E-state index is 10.7. The molecule has 0 spiro atoms. The highest BCUT2D eigenvalue weighted by molar-refractivity contribution is 5.58. The first-order chi connectivity index (χ1) is 12.7. The van der Waals surface area contributed by atoms with Gasteiger partial charge >= 0.3 is 0 Å². The molecular weight excluding hydrogens is 326 g/mol. The maximum Gasteiger partial charge on any atom is 0.208 e. The second kappa shape index (κ2) is 5.99. The third-order valence-electron chi connectivity index (χ3n) is 5.54. The van der Waals surface area contributed by atoms with Gasteiger partial charge in [0.05, 0.1) is 0 Å². The second-order valence-electron chi connectivity index (χ2n) is 7.40. The minimum absolute atomic E-state index is 0.382. The molecule has 1 fully saturated rings. The van der Waals surface area contributed by atoms with Gasteiger partial charge in [0.2, 0.25) is 5.79 Å². The molecule has 0 radical (unpaired) electrons. The van der Waals surface area contributed by atoms with Gasteiger partial charge in [-0.2, -0.15) is 0 Å². The molecule has 1 aromatic heterocycles. The van der Waals surface area contributed by atoms with Gasteiger partial charge < -0.3 is 14.4 Å². The Balaban J connectivity index is 1.47. The van der Waals surface area contributed by atoms with Crippen LogP contribution in [0.4, 0.5) is 0 Å². The standard InChI is InChI=1S/C22H21NO3/c24-22-11-5-9-17(14-22)19-10-4-8-16(21(19)25-22)12-18-13-20(23-26-18)15-6-2-1-3-7-15/h1-4,6-8,10,13,17,24H,5,9,11-12,14H2/t17-,22+/m1/s1. The summed E-state index contributed by atoms with van der Waals surface area (Å²) in [5, 5.41) is 14.9. The van der Waals surface area contributed by atoms with Crippen molar-refractivity contribution in [3.05, 3.63) is 71.5 Å². The van der Waals surface area contributed by atoms with Crippen molar-refractivity contribution in [3.63, 3.8) is 0 Å². The summed E-state index contributed by atoms with van der Waals surface area (Å²) in [6.45, 7) is 0. The number of hydrogen-bond acceptors (Lipinski definition) is 4. The summed E-state index contributed by atoms with van der Waals surface area (Å²) in [6, 6.07) is 18.2. The third-order valence-corrected chi connectivity index (χ3v) is 5.54. The molecule has 1 saturated carbocycles. The molecule has 26 heavy (non-hydrogen) atoms. The maximum absolute atomic E-state index is 10.7. The van der Waals surface area contributed by atoms with Crippen LogP contribution in [0.1, 0.15) is 48.5 Å². The van der Waals surface area contributed by atoms with Crippen LogP contribution in [0.5, 0.6) is 5.75 Å². The average molecular weight is 347 g/mol. The van der Waals surface area contributed by atoms with E-state index in [0.717, 1.165) is 41.2 Å². The van der Waals surface area contributed by atoms with E-state index in [2.05, 4.69) is 17.3 Å². The molecule has 3 aromatic rings. The van der Waals surface area contributed by atoms with Crippen LogP contribution in [0.3, 0.4) is 0 Å². The predicted octanol–water partition coefficient (Wildman–Crippen LogP) is 4.67. The summed E-state index contributed by atoms with van der Waals surface area (Å²) in [7, 11) is 0. The highest BCUT2D eigenvalue weighted by Crippen LogP contribution is 2.49. The van der Waals surface area contributed by atoms with Crippen LogP contribution < -0.4 is 4.74 Å². The Morgan fingerprint density at radius 2 is 2.00 bits per heavy atom. The zero-order valence-corrected chi connectivity index (χ0v) is 14.5. The normalized spacial score (nSPS) is 24.0. The van der Waals surface area contributed by atoms with E-state index in [1.165, 1.54) is 5.56 Å². The molecule has 0 saturated heterocycles. The van der Waals surface area contributed by atoms with Gasteiger partial charge in [-0.1, -0.05) is 53.7 Å². The number of rotatable bonds is 3. The van der Waals surface area contributed by atoms with E-state index in [-0.39, 0.29) is 0 Å². The molecule has 1 aliphatic carbocycles. The third kappa shape index (κ3) is 2.71. The zero-order chi connectivity index (χ0) is 17.6. The topological polar surface area (TPSA) is 55.5 Å². The van der Waals surface area contributed by atoms with E-state index < -0.39 is 5.79 Å². The second-order valence-corrected chi connectivity index (χ2v) is 7.40. The molecule has 2 atom stereocenters. The molecule has 1 aliphatic heterocycles. The van der Waals surface area contributed by atoms with Gasteiger partial charge in [-0.05, 0) is 24.3 Å². The zero-order valence-electron chi connectivity index (χ0n) is 14.5. The lowest BCUT2D eigenvalue weighted by Crippen LogP contribution is -2.43. The molecule has 1 N–H and O–H groups in total. The number of aliphatic hydroxyl groups is 1. The van der Waals surface area contributed by atoms with Crippen LogP contribution in [-0.4, -0.2) is 16.1 Å². The molecule has 2 bridgehead atoms. The molecule has 2 aliphatic rings. The number of fused-ring (bicyclic) bond motifs is 4. The van der Waals surface area contributed by atoms with Gasteiger partial charge in [-0.15, -0.1) is 0 Å². The first-order valence-corrected chi connectivity index (χ1v) is 9.24. The van der Waals surface area contributed by atoms with Gasteiger partial charge in [0, 0.05) is 36.5 Å². The molecule has 4 heteroatoms. The molecule has 132 valence electrons. The fourth-order valence-corrected chi connectivity index (χ4v) is 4.28. The monoisotopic (exact) mass is 347 g/mol. The average Bonchev–Trinajstić information content (AvgIpc) is 3.12. The fraction of sp³-hybridized carbons (Fsp3) is 0.318. The van der Waals surface area contributed by atoms with Crippen molar-refractivity contribution in [1.82, 2.24) is 5.16 Å². The quantitative estimate of drug-likeness (QED) is 0.748. The Kier molecular flexibility index (Phi) is 3.61. The first kappa shape index (κ1) is 15.6. The number of benzene rings is 2. The number of ether oxygens (including phenoxy) is 1. The van der Waals surface area contributed by atoms with Crippen molar-refractivity contribution < 1.29 is 14.4 Å². The Morgan fingerprint density at radius 1 is 1.12 bits per heavy atom. The lowest BCUT2D eigenvalue weighted by Gasteiger charge is -2.43. The smallest absolute Gasteiger partial charge is 0.208 e. The van der Waals surface area contributed by atoms with Crippen LogP contribution in [0.2, 0.25) is 0 Å². The van der Waals surface area contributed by atoms with Gasteiger partial charge in [-0.25, -0.2) is 0 Å². The van der Waals surface area contributed by atoms with Crippen molar-refractivity contribution in [2.75, 3.05) is 0 Å². The van der Waals surface area contributed by atoms with Gasteiger partial charge in [0.25, 0.3) is 0 Å². The summed E-state index contributed by atoms with van der Waals surface area (Å²) in [5.41, 5.74) is 4.14. The van der Waals surface area contributed by atoms with Crippen LogP contribution in [0.15, 0.2) is 59.1 Å². The molecular formula is C22H21NO3. The molecule has 2 heterocycles. The molecule has 4 nitrogen and oxygen atoms in total. The van der Waals surface area contributed by atoms with Crippen molar-refractivity contribution in [3.8, 4) is 17.0 Å². The highest BCUT2D eigenvalue weighted by atomic mass is 16.6. The van der Waals surface area contributed by atoms with E-state index in [1.54, 1.807) is 0 Å². The Bertz CT molecular complexity index is 934.